The predicted molar refractivity (Wildman–Crippen MR) is 131 cm³/mol. The van der Waals surface area contributed by atoms with E-state index in [0.717, 1.165) is 16.7 Å². The SMILES string of the molecule is Cc1ccc(S(=O)(=O)N2CCN(CCNC(=O)c3ccc(-c4ccccc4)cc3)CC2)cc1. The monoisotopic (exact) mass is 463 g/mol. The van der Waals surface area contributed by atoms with E-state index in [-0.39, 0.29) is 5.91 Å². The fraction of sp³-hybridized carbons (Fsp3) is 0.269. The highest BCUT2D eigenvalue weighted by Crippen LogP contribution is 2.20. The Hall–Kier alpha value is -3.00. The molecule has 3 aromatic rings. The van der Waals surface area contributed by atoms with Gasteiger partial charge in [0.1, 0.15) is 0 Å². The third-order valence-electron chi connectivity index (χ3n) is 5.96. The number of benzene rings is 3. The second-order valence-electron chi connectivity index (χ2n) is 8.26. The molecule has 0 aromatic heterocycles. The summed E-state index contributed by atoms with van der Waals surface area (Å²) < 4.78 is 27.2. The summed E-state index contributed by atoms with van der Waals surface area (Å²) in [6.45, 7) is 5.33. The molecule has 7 heteroatoms. The maximum Gasteiger partial charge on any atom is 0.251 e. The summed E-state index contributed by atoms with van der Waals surface area (Å²) in [7, 11) is -3.46. The number of carbonyl (C=O) groups excluding carboxylic acids is 1. The van der Waals surface area contributed by atoms with E-state index in [9.17, 15) is 13.2 Å². The van der Waals surface area contributed by atoms with Gasteiger partial charge in [0.15, 0.2) is 0 Å². The second-order valence-corrected chi connectivity index (χ2v) is 10.2. The van der Waals surface area contributed by atoms with Crippen LogP contribution in [0.1, 0.15) is 15.9 Å². The Kier molecular flexibility index (Phi) is 7.23. The fourth-order valence-electron chi connectivity index (χ4n) is 3.93. The lowest BCUT2D eigenvalue weighted by Crippen LogP contribution is -2.50. The first-order chi connectivity index (χ1) is 15.9. The minimum absolute atomic E-state index is 0.102. The van der Waals surface area contributed by atoms with E-state index in [1.807, 2.05) is 73.7 Å². The zero-order valence-electron chi connectivity index (χ0n) is 18.8. The van der Waals surface area contributed by atoms with Gasteiger partial charge in [-0.2, -0.15) is 4.31 Å². The van der Waals surface area contributed by atoms with Gasteiger partial charge < -0.3 is 5.32 Å². The third-order valence-corrected chi connectivity index (χ3v) is 7.87. The Labute approximate surface area is 195 Å². The van der Waals surface area contributed by atoms with Gasteiger partial charge in [-0.25, -0.2) is 8.42 Å². The van der Waals surface area contributed by atoms with Crippen LogP contribution in [0.15, 0.2) is 83.8 Å². The zero-order valence-corrected chi connectivity index (χ0v) is 19.6. The van der Waals surface area contributed by atoms with Crippen LogP contribution < -0.4 is 5.32 Å². The van der Waals surface area contributed by atoms with Crippen LogP contribution in [0.25, 0.3) is 11.1 Å². The van der Waals surface area contributed by atoms with E-state index in [4.69, 9.17) is 0 Å². The maximum atomic E-state index is 12.8. The molecule has 0 atom stereocenters. The smallest absolute Gasteiger partial charge is 0.251 e. The molecule has 172 valence electrons. The van der Waals surface area contributed by atoms with Crippen LogP contribution in [-0.2, 0) is 10.0 Å². The number of carbonyl (C=O) groups is 1. The van der Waals surface area contributed by atoms with Crippen molar-refractivity contribution in [3.05, 3.63) is 90.0 Å². The van der Waals surface area contributed by atoms with E-state index in [2.05, 4.69) is 10.2 Å². The predicted octanol–water partition coefficient (Wildman–Crippen LogP) is 3.40. The molecule has 1 aliphatic heterocycles. The molecule has 0 bridgehead atoms. The minimum Gasteiger partial charge on any atom is -0.351 e. The number of nitrogens with zero attached hydrogens (tertiary/aromatic N) is 2. The number of hydrogen-bond acceptors (Lipinski definition) is 4. The Balaban J connectivity index is 1.23. The molecule has 0 aliphatic carbocycles. The van der Waals surface area contributed by atoms with Gasteiger partial charge in [-0.3, -0.25) is 9.69 Å². The molecule has 1 N–H and O–H groups in total. The Morgan fingerprint density at radius 1 is 0.818 bits per heavy atom. The largest absolute Gasteiger partial charge is 0.351 e. The molecule has 0 radical (unpaired) electrons. The number of nitrogens with one attached hydrogen (secondary N) is 1. The average Bonchev–Trinajstić information content (AvgIpc) is 2.85. The van der Waals surface area contributed by atoms with E-state index in [1.54, 1.807) is 16.4 Å². The van der Waals surface area contributed by atoms with Crippen molar-refractivity contribution in [2.45, 2.75) is 11.8 Å². The molecule has 6 nitrogen and oxygen atoms in total. The van der Waals surface area contributed by atoms with Crippen LogP contribution in [-0.4, -0.2) is 62.8 Å². The first kappa shape index (κ1) is 23.2. The van der Waals surface area contributed by atoms with Gasteiger partial charge in [-0.1, -0.05) is 60.2 Å². The van der Waals surface area contributed by atoms with Gasteiger partial charge in [-0.05, 0) is 42.3 Å². The number of sulfonamides is 1. The van der Waals surface area contributed by atoms with Gasteiger partial charge >= 0.3 is 0 Å². The van der Waals surface area contributed by atoms with Crippen LogP contribution in [0.3, 0.4) is 0 Å². The first-order valence-corrected chi connectivity index (χ1v) is 12.6. The summed E-state index contributed by atoms with van der Waals surface area (Å²) in [5.41, 5.74) is 3.86. The van der Waals surface area contributed by atoms with Crippen molar-refractivity contribution < 1.29 is 13.2 Å². The van der Waals surface area contributed by atoms with Crippen LogP contribution in [0, 0.1) is 6.92 Å². The van der Waals surface area contributed by atoms with Gasteiger partial charge in [0.05, 0.1) is 4.90 Å². The van der Waals surface area contributed by atoms with Crippen LogP contribution in [0.4, 0.5) is 0 Å². The zero-order chi connectivity index (χ0) is 23.3. The summed E-state index contributed by atoms with van der Waals surface area (Å²) in [5, 5.41) is 2.97. The third kappa shape index (κ3) is 5.68. The lowest BCUT2D eigenvalue weighted by molar-refractivity contribution is 0.0945. The summed E-state index contributed by atoms with van der Waals surface area (Å²) in [6.07, 6.45) is 0. The van der Waals surface area contributed by atoms with E-state index in [1.165, 1.54) is 0 Å². The van der Waals surface area contributed by atoms with Gasteiger partial charge in [0.25, 0.3) is 5.91 Å². The van der Waals surface area contributed by atoms with Crippen molar-refractivity contribution >= 4 is 15.9 Å². The minimum atomic E-state index is -3.46. The standard InChI is InChI=1S/C26H29N3O3S/c1-21-7-13-25(14-8-21)33(31,32)29-19-17-28(18-20-29)16-15-27-26(30)24-11-9-23(10-12-24)22-5-3-2-4-6-22/h2-14H,15-20H2,1H3,(H,27,30). The fourth-order valence-corrected chi connectivity index (χ4v) is 5.35. The number of amides is 1. The molecule has 1 aliphatic rings. The van der Waals surface area contributed by atoms with Crippen molar-refractivity contribution in [3.63, 3.8) is 0 Å². The highest BCUT2D eigenvalue weighted by molar-refractivity contribution is 7.89. The Morgan fingerprint density at radius 2 is 1.42 bits per heavy atom. The van der Waals surface area contributed by atoms with Crippen molar-refractivity contribution in [1.82, 2.24) is 14.5 Å². The van der Waals surface area contributed by atoms with E-state index < -0.39 is 10.0 Å². The Morgan fingerprint density at radius 3 is 2.06 bits per heavy atom. The maximum absolute atomic E-state index is 12.8. The molecule has 33 heavy (non-hydrogen) atoms. The molecule has 0 spiro atoms. The van der Waals surface area contributed by atoms with Gasteiger partial charge in [-0.15, -0.1) is 0 Å². The first-order valence-electron chi connectivity index (χ1n) is 11.2. The number of rotatable bonds is 7. The normalized spacial score (nSPS) is 15.3. The number of piperazine rings is 1. The summed E-state index contributed by atoms with van der Waals surface area (Å²) in [4.78, 5) is 15.0. The molecule has 0 unspecified atom stereocenters. The topological polar surface area (TPSA) is 69.7 Å². The lowest BCUT2D eigenvalue weighted by atomic mass is 10.0. The van der Waals surface area contributed by atoms with Crippen molar-refractivity contribution in [2.24, 2.45) is 0 Å². The van der Waals surface area contributed by atoms with Crippen LogP contribution in [0.5, 0.6) is 0 Å². The molecule has 4 rings (SSSR count). The van der Waals surface area contributed by atoms with Crippen LogP contribution >= 0.6 is 0 Å². The Bertz CT molecular complexity index is 1170. The van der Waals surface area contributed by atoms with Gasteiger partial charge in [0.2, 0.25) is 10.0 Å². The molecular formula is C26H29N3O3S. The van der Waals surface area contributed by atoms with Crippen molar-refractivity contribution in [1.29, 1.82) is 0 Å². The highest BCUT2D eigenvalue weighted by Gasteiger charge is 2.28. The van der Waals surface area contributed by atoms with Crippen molar-refractivity contribution in [2.75, 3.05) is 39.3 Å². The van der Waals surface area contributed by atoms with E-state index in [0.29, 0.717) is 49.7 Å². The molecule has 1 amide bonds. The summed E-state index contributed by atoms with van der Waals surface area (Å²) in [5.74, 6) is -0.102. The average molecular weight is 464 g/mol. The molecule has 1 saturated heterocycles. The molecule has 1 heterocycles. The number of aryl methyl sites for hydroxylation is 1. The number of hydrogen-bond donors (Lipinski definition) is 1. The van der Waals surface area contributed by atoms with Crippen LogP contribution in [0.2, 0.25) is 0 Å². The quantitative estimate of drug-likeness (QED) is 0.583. The molecular weight excluding hydrogens is 434 g/mol. The van der Waals surface area contributed by atoms with Gasteiger partial charge in [0, 0.05) is 44.8 Å². The summed E-state index contributed by atoms with van der Waals surface area (Å²) >= 11 is 0. The molecule has 1 fully saturated rings. The molecule has 0 saturated carbocycles. The second kappa shape index (κ2) is 10.3. The highest BCUT2D eigenvalue weighted by atomic mass is 32.2. The summed E-state index contributed by atoms with van der Waals surface area (Å²) in [6, 6.07) is 24.6. The molecule has 3 aromatic carbocycles. The van der Waals surface area contributed by atoms with Crippen molar-refractivity contribution in [3.8, 4) is 11.1 Å². The lowest BCUT2D eigenvalue weighted by Gasteiger charge is -2.34. The van der Waals surface area contributed by atoms with E-state index >= 15 is 0 Å².